The van der Waals surface area contributed by atoms with Crippen molar-refractivity contribution in [2.45, 2.75) is 59.9 Å². The molecule has 1 fully saturated rings. The molecule has 0 heterocycles. The van der Waals surface area contributed by atoms with Gasteiger partial charge in [0.15, 0.2) is 0 Å². The summed E-state index contributed by atoms with van der Waals surface area (Å²) in [5.74, 6) is 1.38. The molecular formula is C15H29NO. The van der Waals surface area contributed by atoms with Crippen molar-refractivity contribution in [3.63, 3.8) is 0 Å². The van der Waals surface area contributed by atoms with Gasteiger partial charge in [-0.3, -0.25) is 4.79 Å². The number of hydrogen-bond donors (Lipinski definition) is 0. The van der Waals surface area contributed by atoms with E-state index in [2.05, 4.69) is 46.6 Å². The SMILES string of the molecule is CC(C)C(C)N(C)CC1CC(C)(C)CCC1=O. The molecule has 2 heteroatoms. The summed E-state index contributed by atoms with van der Waals surface area (Å²) in [6.45, 7) is 12.3. The number of ketones is 1. The van der Waals surface area contributed by atoms with Crippen LogP contribution in [0.4, 0.5) is 0 Å². The molecule has 1 saturated carbocycles. The quantitative estimate of drug-likeness (QED) is 0.750. The Bertz CT molecular complexity index is 270. The van der Waals surface area contributed by atoms with Crippen molar-refractivity contribution in [1.82, 2.24) is 4.90 Å². The predicted octanol–water partition coefficient (Wildman–Crippen LogP) is 3.36. The van der Waals surface area contributed by atoms with Gasteiger partial charge in [0.1, 0.15) is 5.78 Å². The molecule has 0 saturated heterocycles. The molecule has 0 aliphatic heterocycles. The van der Waals surface area contributed by atoms with E-state index >= 15 is 0 Å². The predicted molar refractivity (Wildman–Crippen MR) is 73.1 cm³/mol. The average molecular weight is 239 g/mol. The van der Waals surface area contributed by atoms with Gasteiger partial charge in [0, 0.05) is 24.9 Å². The summed E-state index contributed by atoms with van der Waals surface area (Å²) in [5, 5.41) is 0. The highest BCUT2D eigenvalue weighted by Gasteiger charge is 2.34. The third-order valence-corrected chi connectivity index (χ3v) is 4.47. The third-order valence-electron chi connectivity index (χ3n) is 4.47. The number of Topliss-reactive ketones (excluding diaryl/α,β-unsaturated/α-hetero) is 1. The molecule has 17 heavy (non-hydrogen) atoms. The lowest BCUT2D eigenvalue weighted by atomic mass is 9.71. The molecule has 2 nitrogen and oxygen atoms in total. The average Bonchev–Trinajstić information content (AvgIpc) is 2.21. The molecule has 100 valence electrons. The smallest absolute Gasteiger partial charge is 0.137 e. The molecule has 0 N–H and O–H groups in total. The van der Waals surface area contributed by atoms with Crippen LogP contribution in [0.2, 0.25) is 0 Å². The van der Waals surface area contributed by atoms with Crippen LogP contribution in [0.1, 0.15) is 53.9 Å². The lowest BCUT2D eigenvalue weighted by molar-refractivity contribution is -0.127. The Labute approximate surface area is 107 Å². The van der Waals surface area contributed by atoms with E-state index in [0.717, 1.165) is 25.8 Å². The molecule has 0 radical (unpaired) electrons. The van der Waals surface area contributed by atoms with Gasteiger partial charge in [-0.05, 0) is 38.1 Å². The van der Waals surface area contributed by atoms with Crippen LogP contribution in [0.25, 0.3) is 0 Å². The number of carbonyl (C=O) groups is 1. The molecule has 1 aliphatic rings. The molecule has 0 aromatic rings. The minimum atomic E-state index is 0.255. The number of rotatable bonds is 4. The highest BCUT2D eigenvalue weighted by atomic mass is 16.1. The van der Waals surface area contributed by atoms with E-state index < -0.39 is 0 Å². The zero-order valence-electron chi connectivity index (χ0n) is 12.4. The molecule has 1 rings (SSSR count). The van der Waals surface area contributed by atoms with Crippen LogP contribution in [-0.4, -0.2) is 30.3 Å². The van der Waals surface area contributed by atoms with Gasteiger partial charge in [0.05, 0.1) is 0 Å². The van der Waals surface area contributed by atoms with Gasteiger partial charge < -0.3 is 4.90 Å². The van der Waals surface area contributed by atoms with Crippen molar-refractivity contribution in [2.75, 3.05) is 13.6 Å². The number of nitrogens with zero attached hydrogens (tertiary/aromatic N) is 1. The second-order valence-electron chi connectivity index (χ2n) is 6.96. The van der Waals surface area contributed by atoms with E-state index in [1.165, 1.54) is 0 Å². The summed E-state index contributed by atoms with van der Waals surface area (Å²) in [6, 6.07) is 0.549. The van der Waals surface area contributed by atoms with Crippen LogP contribution in [-0.2, 0) is 4.79 Å². The third kappa shape index (κ3) is 4.09. The first-order valence-corrected chi connectivity index (χ1v) is 6.96. The summed E-state index contributed by atoms with van der Waals surface area (Å²) >= 11 is 0. The molecule has 2 unspecified atom stereocenters. The van der Waals surface area contributed by atoms with Gasteiger partial charge in [0.25, 0.3) is 0 Å². The van der Waals surface area contributed by atoms with Crippen molar-refractivity contribution in [1.29, 1.82) is 0 Å². The molecule has 2 atom stereocenters. The van der Waals surface area contributed by atoms with Crippen LogP contribution in [0.15, 0.2) is 0 Å². The normalized spacial score (nSPS) is 26.6. The fraction of sp³-hybridized carbons (Fsp3) is 0.933. The molecular weight excluding hydrogens is 210 g/mol. The molecule has 1 aliphatic carbocycles. The monoisotopic (exact) mass is 239 g/mol. The largest absolute Gasteiger partial charge is 0.303 e. The van der Waals surface area contributed by atoms with Crippen molar-refractivity contribution in [2.24, 2.45) is 17.3 Å². The van der Waals surface area contributed by atoms with Gasteiger partial charge in [-0.2, -0.15) is 0 Å². The van der Waals surface area contributed by atoms with Gasteiger partial charge in [0.2, 0.25) is 0 Å². The van der Waals surface area contributed by atoms with E-state index in [1.807, 2.05) is 0 Å². The topological polar surface area (TPSA) is 20.3 Å². The van der Waals surface area contributed by atoms with Gasteiger partial charge in [-0.25, -0.2) is 0 Å². The summed E-state index contributed by atoms with van der Waals surface area (Å²) in [4.78, 5) is 14.3. The van der Waals surface area contributed by atoms with E-state index in [1.54, 1.807) is 0 Å². The van der Waals surface area contributed by atoms with E-state index in [4.69, 9.17) is 0 Å². The number of carbonyl (C=O) groups excluding carboxylic acids is 1. The van der Waals surface area contributed by atoms with Crippen LogP contribution in [0.5, 0.6) is 0 Å². The van der Waals surface area contributed by atoms with Crippen molar-refractivity contribution >= 4 is 5.78 Å². The Kier molecular flexibility index (Phi) is 4.77. The first-order chi connectivity index (χ1) is 7.73. The maximum absolute atomic E-state index is 12.0. The molecule has 0 aromatic carbocycles. The molecule has 0 amide bonds. The number of hydrogen-bond acceptors (Lipinski definition) is 2. The lowest BCUT2D eigenvalue weighted by Crippen LogP contribution is -2.42. The Morgan fingerprint density at radius 2 is 1.94 bits per heavy atom. The minimum absolute atomic E-state index is 0.255. The Balaban J connectivity index is 2.57. The zero-order valence-corrected chi connectivity index (χ0v) is 12.4. The summed E-state index contributed by atoms with van der Waals surface area (Å²) in [7, 11) is 2.15. The van der Waals surface area contributed by atoms with Gasteiger partial charge in [-0.15, -0.1) is 0 Å². The van der Waals surface area contributed by atoms with Crippen molar-refractivity contribution < 1.29 is 4.79 Å². The second-order valence-corrected chi connectivity index (χ2v) is 6.96. The highest BCUT2D eigenvalue weighted by Crippen LogP contribution is 2.37. The maximum Gasteiger partial charge on any atom is 0.137 e. The van der Waals surface area contributed by atoms with Crippen molar-refractivity contribution in [3.05, 3.63) is 0 Å². The van der Waals surface area contributed by atoms with Gasteiger partial charge in [-0.1, -0.05) is 27.7 Å². The van der Waals surface area contributed by atoms with Gasteiger partial charge >= 0.3 is 0 Å². The fourth-order valence-electron chi connectivity index (χ4n) is 2.74. The Morgan fingerprint density at radius 3 is 2.47 bits per heavy atom. The van der Waals surface area contributed by atoms with E-state index in [-0.39, 0.29) is 5.92 Å². The Hall–Kier alpha value is -0.370. The van der Waals surface area contributed by atoms with E-state index in [9.17, 15) is 4.79 Å². The summed E-state index contributed by atoms with van der Waals surface area (Å²) < 4.78 is 0. The zero-order chi connectivity index (χ0) is 13.2. The van der Waals surface area contributed by atoms with Crippen molar-refractivity contribution in [3.8, 4) is 0 Å². The van der Waals surface area contributed by atoms with Crippen LogP contribution < -0.4 is 0 Å². The molecule has 0 spiro atoms. The summed E-state index contributed by atoms with van der Waals surface area (Å²) in [6.07, 6.45) is 2.90. The summed E-state index contributed by atoms with van der Waals surface area (Å²) in [5.41, 5.74) is 0.348. The highest BCUT2D eigenvalue weighted by molar-refractivity contribution is 5.82. The van der Waals surface area contributed by atoms with Crippen LogP contribution in [0, 0.1) is 17.3 Å². The van der Waals surface area contributed by atoms with Crippen LogP contribution in [0.3, 0.4) is 0 Å². The standard InChI is InChI=1S/C15H29NO/c1-11(2)12(3)16(6)10-13-9-15(4,5)8-7-14(13)17/h11-13H,7-10H2,1-6H3. The van der Waals surface area contributed by atoms with Crippen LogP contribution >= 0.6 is 0 Å². The fourth-order valence-corrected chi connectivity index (χ4v) is 2.74. The molecule has 0 bridgehead atoms. The first kappa shape index (κ1) is 14.7. The van der Waals surface area contributed by atoms with E-state index in [0.29, 0.717) is 23.2 Å². The lowest BCUT2D eigenvalue weighted by Gasteiger charge is -2.38. The Morgan fingerprint density at radius 1 is 1.35 bits per heavy atom. The second kappa shape index (κ2) is 5.51. The maximum atomic E-state index is 12.0. The minimum Gasteiger partial charge on any atom is -0.303 e. The molecule has 0 aromatic heterocycles. The first-order valence-electron chi connectivity index (χ1n) is 6.96.